The van der Waals surface area contributed by atoms with E-state index in [0.717, 1.165) is 15.7 Å². The lowest BCUT2D eigenvalue weighted by Gasteiger charge is -2.08. The molecule has 0 bridgehead atoms. The maximum Gasteiger partial charge on any atom is 0.246 e. The number of nitrogens with one attached hydrogen (secondary N) is 1. The Morgan fingerprint density at radius 1 is 1.53 bits per heavy atom. The summed E-state index contributed by atoms with van der Waals surface area (Å²) >= 11 is 3.44. The molecule has 0 atom stereocenters. The van der Waals surface area contributed by atoms with Crippen molar-refractivity contribution in [2.24, 2.45) is 5.73 Å². The summed E-state index contributed by atoms with van der Waals surface area (Å²) in [5.74, 6) is -0.167. The van der Waals surface area contributed by atoms with Crippen LogP contribution in [0.1, 0.15) is 11.3 Å². The first kappa shape index (κ1) is 13.7. The zero-order chi connectivity index (χ0) is 13.8. The van der Waals surface area contributed by atoms with Gasteiger partial charge < -0.3 is 11.1 Å². The monoisotopic (exact) mass is 323 g/mol. The zero-order valence-electron chi connectivity index (χ0n) is 10.4. The van der Waals surface area contributed by atoms with Gasteiger partial charge in [-0.1, -0.05) is 17.3 Å². The number of aryl methyl sites for hydroxylation is 1. The molecular formula is C12H14BrN5O. The van der Waals surface area contributed by atoms with Gasteiger partial charge in [0.05, 0.1) is 17.6 Å². The number of carbonyl (C=O) groups excluding carboxylic acids is 1. The number of carbonyl (C=O) groups is 1. The van der Waals surface area contributed by atoms with E-state index in [-0.39, 0.29) is 12.5 Å². The minimum atomic E-state index is -0.167. The number of halogens is 1. The fourth-order valence-electron chi connectivity index (χ4n) is 1.59. The van der Waals surface area contributed by atoms with Crippen LogP contribution in [0.15, 0.2) is 28.9 Å². The fraction of sp³-hybridized carbons (Fsp3) is 0.250. The van der Waals surface area contributed by atoms with Gasteiger partial charge in [0.2, 0.25) is 5.91 Å². The average Bonchev–Trinajstić information content (AvgIpc) is 2.82. The van der Waals surface area contributed by atoms with E-state index < -0.39 is 0 Å². The molecule has 0 fully saturated rings. The third-order valence-electron chi connectivity index (χ3n) is 2.57. The number of rotatable bonds is 4. The topological polar surface area (TPSA) is 85.8 Å². The van der Waals surface area contributed by atoms with Gasteiger partial charge in [-0.05, 0) is 34.5 Å². The van der Waals surface area contributed by atoms with Crippen LogP contribution in [0.5, 0.6) is 0 Å². The lowest BCUT2D eigenvalue weighted by Crippen LogP contribution is -2.19. The van der Waals surface area contributed by atoms with Crippen LogP contribution in [-0.2, 0) is 17.9 Å². The summed E-state index contributed by atoms with van der Waals surface area (Å²) < 4.78 is 2.34. The van der Waals surface area contributed by atoms with Gasteiger partial charge >= 0.3 is 0 Å². The fourth-order valence-corrected chi connectivity index (χ4v) is 1.95. The number of hydrogen-bond donors (Lipinski definition) is 2. The van der Waals surface area contributed by atoms with E-state index in [4.69, 9.17) is 5.73 Å². The highest BCUT2D eigenvalue weighted by Crippen LogP contribution is 2.25. The number of anilines is 1. The molecule has 0 aliphatic carbocycles. The van der Waals surface area contributed by atoms with Crippen molar-refractivity contribution in [3.05, 3.63) is 40.1 Å². The van der Waals surface area contributed by atoms with E-state index in [9.17, 15) is 4.79 Å². The van der Waals surface area contributed by atoms with Crippen molar-refractivity contribution < 1.29 is 4.79 Å². The van der Waals surface area contributed by atoms with Crippen LogP contribution in [0.4, 0.5) is 5.69 Å². The van der Waals surface area contributed by atoms with Crippen molar-refractivity contribution in [1.82, 2.24) is 15.0 Å². The van der Waals surface area contributed by atoms with Crippen LogP contribution in [-0.4, -0.2) is 20.9 Å². The predicted octanol–water partition coefficient (Wildman–Crippen LogP) is 1.45. The van der Waals surface area contributed by atoms with Crippen molar-refractivity contribution in [2.45, 2.75) is 20.0 Å². The molecule has 1 heterocycles. The molecule has 0 spiro atoms. The minimum absolute atomic E-state index is 0.105. The molecule has 2 aromatic rings. The van der Waals surface area contributed by atoms with Gasteiger partial charge in [0.25, 0.3) is 0 Å². The molecule has 0 saturated carbocycles. The van der Waals surface area contributed by atoms with Crippen molar-refractivity contribution >= 4 is 27.5 Å². The largest absolute Gasteiger partial charge is 0.325 e. The van der Waals surface area contributed by atoms with Crippen LogP contribution >= 0.6 is 15.9 Å². The second-order valence-electron chi connectivity index (χ2n) is 4.10. The first-order valence-corrected chi connectivity index (χ1v) is 6.53. The molecule has 19 heavy (non-hydrogen) atoms. The van der Waals surface area contributed by atoms with E-state index in [2.05, 4.69) is 31.6 Å². The van der Waals surface area contributed by atoms with E-state index >= 15 is 0 Å². The molecule has 1 aromatic carbocycles. The molecule has 0 saturated heterocycles. The summed E-state index contributed by atoms with van der Waals surface area (Å²) in [4.78, 5) is 11.9. The van der Waals surface area contributed by atoms with Crippen LogP contribution in [0.2, 0.25) is 0 Å². The van der Waals surface area contributed by atoms with Gasteiger partial charge in [0.15, 0.2) is 0 Å². The Labute approximate surface area is 119 Å². The smallest absolute Gasteiger partial charge is 0.246 e. The molecule has 1 aromatic heterocycles. The zero-order valence-corrected chi connectivity index (χ0v) is 12.0. The van der Waals surface area contributed by atoms with Crippen molar-refractivity contribution in [1.29, 1.82) is 0 Å². The van der Waals surface area contributed by atoms with Crippen molar-refractivity contribution in [3.63, 3.8) is 0 Å². The van der Waals surface area contributed by atoms with Gasteiger partial charge in [-0.2, -0.15) is 0 Å². The average molecular weight is 324 g/mol. The third kappa shape index (κ3) is 3.39. The van der Waals surface area contributed by atoms with Gasteiger partial charge in [0, 0.05) is 11.0 Å². The SMILES string of the molecule is Cc1cccc(NC(=O)Cn2cc(CN)nn2)c1Br. The molecule has 1 amide bonds. The summed E-state index contributed by atoms with van der Waals surface area (Å²) in [5, 5.41) is 10.5. The van der Waals surface area contributed by atoms with Crippen LogP contribution in [0.25, 0.3) is 0 Å². The first-order chi connectivity index (χ1) is 9.10. The Morgan fingerprint density at radius 3 is 3.00 bits per heavy atom. The number of aromatic nitrogens is 3. The highest BCUT2D eigenvalue weighted by atomic mass is 79.9. The molecule has 0 unspecified atom stereocenters. The summed E-state index contributed by atoms with van der Waals surface area (Å²) in [5.41, 5.74) is 7.89. The van der Waals surface area contributed by atoms with Crippen LogP contribution in [0.3, 0.4) is 0 Å². The number of benzene rings is 1. The van der Waals surface area contributed by atoms with Gasteiger partial charge in [-0.25, -0.2) is 4.68 Å². The van der Waals surface area contributed by atoms with Crippen LogP contribution in [0, 0.1) is 6.92 Å². The standard InChI is InChI=1S/C12H14BrN5O/c1-8-3-2-4-10(12(8)13)15-11(19)7-18-6-9(5-14)16-17-18/h2-4,6H,5,7,14H2,1H3,(H,15,19). The Kier molecular flexibility index (Phi) is 4.28. The number of nitrogens with two attached hydrogens (primary N) is 1. The molecule has 2 rings (SSSR count). The number of nitrogens with zero attached hydrogens (tertiary/aromatic N) is 3. The lowest BCUT2D eigenvalue weighted by atomic mass is 10.2. The first-order valence-electron chi connectivity index (χ1n) is 5.74. The maximum absolute atomic E-state index is 11.9. The van der Waals surface area contributed by atoms with Crippen molar-refractivity contribution in [2.75, 3.05) is 5.32 Å². The van der Waals surface area contributed by atoms with E-state index in [1.54, 1.807) is 6.20 Å². The maximum atomic E-state index is 11.9. The number of hydrogen-bond acceptors (Lipinski definition) is 4. The third-order valence-corrected chi connectivity index (χ3v) is 3.62. The summed E-state index contributed by atoms with van der Waals surface area (Å²) in [6.07, 6.45) is 1.66. The predicted molar refractivity (Wildman–Crippen MR) is 75.4 cm³/mol. The van der Waals surface area contributed by atoms with Crippen LogP contribution < -0.4 is 11.1 Å². The Bertz CT molecular complexity index is 596. The Morgan fingerprint density at radius 2 is 2.32 bits per heavy atom. The van der Waals surface area contributed by atoms with E-state index in [1.165, 1.54) is 4.68 Å². The lowest BCUT2D eigenvalue weighted by molar-refractivity contribution is -0.116. The van der Waals surface area contributed by atoms with Gasteiger partial charge in [-0.15, -0.1) is 5.10 Å². The molecule has 0 aliphatic rings. The summed E-state index contributed by atoms with van der Waals surface area (Å²) in [6.45, 7) is 2.38. The highest BCUT2D eigenvalue weighted by Gasteiger charge is 2.08. The number of amides is 1. The quantitative estimate of drug-likeness (QED) is 0.891. The molecular weight excluding hydrogens is 310 g/mol. The highest BCUT2D eigenvalue weighted by molar-refractivity contribution is 9.10. The normalized spacial score (nSPS) is 10.5. The molecule has 0 radical (unpaired) electrons. The molecule has 6 nitrogen and oxygen atoms in total. The van der Waals surface area contributed by atoms with E-state index in [1.807, 2.05) is 25.1 Å². The van der Waals surface area contributed by atoms with Gasteiger partial charge in [-0.3, -0.25) is 4.79 Å². The Balaban J connectivity index is 2.03. The molecule has 3 N–H and O–H groups in total. The van der Waals surface area contributed by atoms with E-state index in [0.29, 0.717) is 12.2 Å². The van der Waals surface area contributed by atoms with Crippen molar-refractivity contribution in [3.8, 4) is 0 Å². The summed E-state index contributed by atoms with van der Waals surface area (Å²) in [6, 6.07) is 5.68. The summed E-state index contributed by atoms with van der Waals surface area (Å²) in [7, 11) is 0. The second kappa shape index (κ2) is 5.94. The van der Waals surface area contributed by atoms with Gasteiger partial charge in [0.1, 0.15) is 6.54 Å². The molecule has 0 aliphatic heterocycles. The second-order valence-corrected chi connectivity index (χ2v) is 4.89. The Hall–Kier alpha value is -1.73. The molecule has 7 heteroatoms. The minimum Gasteiger partial charge on any atom is -0.325 e. The molecule has 100 valence electrons.